The van der Waals surface area contributed by atoms with Crippen LogP contribution in [0, 0.1) is 11.8 Å². The molecule has 4 nitrogen and oxygen atoms in total. The lowest BCUT2D eigenvalue weighted by atomic mass is 9.95. The van der Waals surface area contributed by atoms with E-state index in [0.717, 1.165) is 31.1 Å². The molecule has 0 aliphatic heterocycles. The van der Waals surface area contributed by atoms with Crippen molar-refractivity contribution in [2.24, 2.45) is 11.8 Å². The molecule has 0 bridgehead atoms. The van der Waals surface area contributed by atoms with Gasteiger partial charge in [0.1, 0.15) is 0 Å². The van der Waals surface area contributed by atoms with Crippen molar-refractivity contribution in [2.45, 2.75) is 63.8 Å². The summed E-state index contributed by atoms with van der Waals surface area (Å²) >= 11 is 0. The molecule has 1 aromatic rings. The van der Waals surface area contributed by atoms with Crippen LogP contribution in [0.5, 0.6) is 0 Å². The highest BCUT2D eigenvalue weighted by molar-refractivity contribution is 5.94. The summed E-state index contributed by atoms with van der Waals surface area (Å²) in [5, 5.41) is 10.6. The van der Waals surface area contributed by atoms with Gasteiger partial charge in [0, 0.05) is 17.3 Å². The van der Waals surface area contributed by atoms with Gasteiger partial charge in [-0.2, -0.15) is 5.10 Å². The predicted octanol–water partition coefficient (Wildman–Crippen LogP) is 2.60. The number of hydrogen-bond donors (Lipinski definition) is 2. The predicted molar refractivity (Wildman–Crippen MR) is 76.5 cm³/mol. The topological polar surface area (TPSA) is 57.8 Å². The Bertz CT molecular complexity index is 522. The molecule has 4 heteroatoms. The number of H-pyrrole nitrogens is 1. The van der Waals surface area contributed by atoms with Crippen LogP contribution < -0.4 is 5.32 Å². The zero-order valence-corrected chi connectivity index (χ0v) is 12.0. The minimum Gasteiger partial charge on any atom is -0.348 e. The van der Waals surface area contributed by atoms with Gasteiger partial charge in [0.15, 0.2) is 5.69 Å². The lowest BCUT2D eigenvalue weighted by Crippen LogP contribution is -2.38. The maximum atomic E-state index is 12.5. The fraction of sp³-hybridized carbons (Fsp3) is 0.750. The van der Waals surface area contributed by atoms with Gasteiger partial charge in [0.2, 0.25) is 0 Å². The molecule has 20 heavy (non-hydrogen) atoms. The van der Waals surface area contributed by atoms with Crippen LogP contribution in [0.1, 0.15) is 66.7 Å². The Balaban J connectivity index is 1.49. The summed E-state index contributed by atoms with van der Waals surface area (Å²) in [5.74, 6) is 1.66. The van der Waals surface area contributed by atoms with Crippen LogP contribution >= 0.6 is 0 Å². The van der Waals surface area contributed by atoms with Crippen LogP contribution in [0.4, 0.5) is 0 Å². The number of nitrogens with one attached hydrogen (secondary N) is 2. The normalized spacial score (nSPS) is 31.9. The molecule has 1 amide bonds. The van der Waals surface area contributed by atoms with Crippen molar-refractivity contribution >= 4 is 5.91 Å². The molecule has 1 aromatic heterocycles. The molecular weight excluding hydrogens is 250 g/mol. The van der Waals surface area contributed by atoms with E-state index in [4.69, 9.17) is 0 Å². The summed E-state index contributed by atoms with van der Waals surface area (Å²) in [6.45, 7) is 0. The van der Waals surface area contributed by atoms with Crippen LogP contribution in [-0.2, 0) is 12.8 Å². The van der Waals surface area contributed by atoms with Crippen molar-refractivity contribution in [3.63, 3.8) is 0 Å². The highest BCUT2D eigenvalue weighted by atomic mass is 16.2. The summed E-state index contributed by atoms with van der Waals surface area (Å²) in [7, 11) is 0. The second-order valence-electron chi connectivity index (χ2n) is 6.75. The molecule has 3 unspecified atom stereocenters. The molecule has 4 rings (SSSR count). The minimum atomic E-state index is 0.0574. The lowest BCUT2D eigenvalue weighted by molar-refractivity contribution is 0.0920. The third-order valence-electron chi connectivity index (χ3n) is 5.67. The van der Waals surface area contributed by atoms with E-state index in [0.29, 0.717) is 11.7 Å². The average molecular weight is 273 g/mol. The number of aromatic nitrogens is 2. The maximum Gasteiger partial charge on any atom is 0.272 e. The molecule has 0 aromatic carbocycles. The standard InChI is InChI=1S/C16H23N3O/c20-16(15-12-5-1-2-7-14(12)18-19-15)17-13-9-8-10-4-3-6-11(10)13/h10-11,13H,1-9H2,(H,17,20)(H,18,19). The van der Waals surface area contributed by atoms with Crippen molar-refractivity contribution in [2.75, 3.05) is 0 Å². The number of aryl methyl sites for hydroxylation is 1. The first-order valence-electron chi connectivity index (χ1n) is 8.20. The average Bonchev–Trinajstić information content (AvgIpc) is 3.14. The lowest BCUT2D eigenvalue weighted by Gasteiger charge is -2.20. The Kier molecular flexibility index (Phi) is 3.04. The summed E-state index contributed by atoms with van der Waals surface area (Å²) < 4.78 is 0. The van der Waals surface area contributed by atoms with E-state index in [9.17, 15) is 4.79 Å². The molecule has 3 atom stereocenters. The summed E-state index contributed by atoms with van der Waals surface area (Å²) in [6, 6.07) is 0.394. The number of rotatable bonds is 2. The van der Waals surface area contributed by atoms with E-state index in [-0.39, 0.29) is 5.91 Å². The number of carbonyl (C=O) groups is 1. The monoisotopic (exact) mass is 273 g/mol. The fourth-order valence-electron chi connectivity index (χ4n) is 4.65. The van der Waals surface area contributed by atoms with Gasteiger partial charge >= 0.3 is 0 Å². The number of carbonyl (C=O) groups excluding carboxylic acids is 1. The second-order valence-corrected chi connectivity index (χ2v) is 6.75. The Hall–Kier alpha value is -1.32. The van der Waals surface area contributed by atoms with Gasteiger partial charge in [-0.3, -0.25) is 9.89 Å². The third kappa shape index (κ3) is 1.97. The first-order chi connectivity index (χ1) is 9.83. The highest BCUT2D eigenvalue weighted by Gasteiger charge is 2.40. The molecule has 2 N–H and O–H groups in total. The SMILES string of the molecule is O=C(NC1CCC2CCCC21)c1n[nH]c2c1CCCC2. The first-order valence-corrected chi connectivity index (χ1v) is 8.20. The number of fused-ring (bicyclic) bond motifs is 2. The number of nitrogens with zero attached hydrogens (tertiary/aromatic N) is 1. The van der Waals surface area contributed by atoms with Gasteiger partial charge in [-0.05, 0) is 56.8 Å². The Morgan fingerprint density at radius 1 is 1.10 bits per heavy atom. The van der Waals surface area contributed by atoms with E-state index in [2.05, 4.69) is 15.5 Å². The molecular formula is C16H23N3O. The van der Waals surface area contributed by atoms with Crippen LogP contribution in [-0.4, -0.2) is 22.1 Å². The fourth-order valence-corrected chi connectivity index (χ4v) is 4.65. The Morgan fingerprint density at radius 3 is 2.95 bits per heavy atom. The van der Waals surface area contributed by atoms with Crippen LogP contribution in [0.3, 0.4) is 0 Å². The summed E-state index contributed by atoms with van der Waals surface area (Å²) in [6.07, 6.45) is 10.9. The van der Waals surface area contributed by atoms with Gasteiger partial charge in [-0.25, -0.2) is 0 Å². The number of aromatic amines is 1. The van der Waals surface area contributed by atoms with Gasteiger partial charge in [-0.15, -0.1) is 0 Å². The van der Waals surface area contributed by atoms with E-state index < -0.39 is 0 Å². The van der Waals surface area contributed by atoms with Crippen molar-refractivity contribution < 1.29 is 4.79 Å². The highest BCUT2D eigenvalue weighted by Crippen LogP contribution is 2.44. The van der Waals surface area contributed by atoms with Crippen molar-refractivity contribution in [3.05, 3.63) is 17.0 Å². The van der Waals surface area contributed by atoms with Gasteiger partial charge in [-0.1, -0.05) is 12.8 Å². The zero-order chi connectivity index (χ0) is 13.5. The molecule has 108 valence electrons. The van der Waals surface area contributed by atoms with Crippen LogP contribution in [0.2, 0.25) is 0 Å². The molecule has 0 spiro atoms. The largest absolute Gasteiger partial charge is 0.348 e. The van der Waals surface area contributed by atoms with E-state index in [1.807, 2.05) is 0 Å². The Labute approximate surface area is 119 Å². The molecule has 3 aliphatic rings. The second kappa shape index (κ2) is 4.90. The number of hydrogen-bond acceptors (Lipinski definition) is 2. The van der Waals surface area contributed by atoms with Crippen LogP contribution in [0.25, 0.3) is 0 Å². The first kappa shape index (κ1) is 12.4. The van der Waals surface area contributed by atoms with Gasteiger partial charge in [0.05, 0.1) is 0 Å². The summed E-state index contributed by atoms with van der Waals surface area (Å²) in [5.41, 5.74) is 3.03. The van der Waals surface area contributed by atoms with Crippen molar-refractivity contribution in [1.29, 1.82) is 0 Å². The quantitative estimate of drug-likeness (QED) is 0.870. The number of amides is 1. The Morgan fingerprint density at radius 2 is 2.00 bits per heavy atom. The molecule has 0 radical (unpaired) electrons. The van der Waals surface area contributed by atoms with Crippen LogP contribution in [0.15, 0.2) is 0 Å². The molecule has 1 heterocycles. The van der Waals surface area contributed by atoms with E-state index >= 15 is 0 Å². The third-order valence-corrected chi connectivity index (χ3v) is 5.67. The van der Waals surface area contributed by atoms with Gasteiger partial charge in [0.25, 0.3) is 5.91 Å². The van der Waals surface area contributed by atoms with Gasteiger partial charge < -0.3 is 5.32 Å². The molecule has 3 aliphatic carbocycles. The summed E-state index contributed by atoms with van der Waals surface area (Å²) in [4.78, 5) is 12.5. The van der Waals surface area contributed by atoms with Crippen molar-refractivity contribution in [3.8, 4) is 0 Å². The zero-order valence-electron chi connectivity index (χ0n) is 12.0. The molecule has 2 saturated carbocycles. The van der Waals surface area contributed by atoms with E-state index in [1.54, 1.807) is 0 Å². The van der Waals surface area contributed by atoms with Crippen molar-refractivity contribution in [1.82, 2.24) is 15.5 Å². The molecule has 2 fully saturated rings. The smallest absolute Gasteiger partial charge is 0.272 e. The molecule has 0 saturated heterocycles. The minimum absolute atomic E-state index is 0.0574. The van der Waals surface area contributed by atoms with E-state index in [1.165, 1.54) is 49.8 Å². The maximum absolute atomic E-state index is 12.5.